The van der Waals surface area contributed by atoms with Crippen LogP contribution in [0.4, 0.5) is 10.1 Å². The molecule has 0 fully saturated rings. The molecule has 0 saturated carbocycles. The number of amides is 1. The predicted molar refractivity (Wildman–Crippen MR) is 107 cm³/mol. The van der Waals surface area contributed by atoms with Crippen molar-refractivity contribution in [3.05, 3.63) is 71.5 Å². The van der Waals surface area contributed by atoms with Gasteiger partial charge < -0.3 is 5.32 Å². The number of hydrogen-bond acceptors (Lipinski definition) is 5. The molecule has 2 heterocycles. The van der Waals surface area contributed by atoms with E-state index in [1.54, 1.807) is 48.5 Å². The third kappa shape index (κ3) is 4.13. The minimum Gasteiger partial charge on any atom is -0.325 e. The summed E-state index contributed by atoms with van der Waals surface area (Å²) in [6, 6.07) is 16.5. The van der Waals surface area contributed by atoms with Crippen LogP contribution in [0.1, 0.15) is 0 Å². The van der Waals surface area contributed by atoms with Gasteiger partial charge in [0, 0.05) is 16.3 Å². The Balaban J connectivity index is 1.50. The van der Waals surface area contributed by atoms with Gasteiger partial charge in [-0.05, 0) is 42.5 Å². The van der Waals surface area contributed by atoms with Crippen LogP contribution in [-0.2, 0) is 4.79 Å². The van der Waals surface area contributed by atoms with Crippen molar-refractivity contribution in [1.82, 2.24) is 19.8 Å². The van der Waals surface area contributed by atoms with Crippen molar-refractivity contribution < 1.29 is 9.18 Å². The van der Waals surface area contributed by atoms with Crippen molar-refractivity contribution in [3.63, 3.8) is 0 Å². The molecule has 1 amide bonds. The number of aromatic nitrogens is 4. The van der Waals surface area contributed by atoms with E-state index in [0.717, 1.165) is 0 Å². The highest BCUT2D eigenvalue weighted by Gasteiger charge is 2.12. The van der Waals surface area contributed by atoms with Gasteiger partial charge in [0.05, 0.1) is 5.75 Å². The van der Waals surface area contributed by atoms with Gasteiger partial charge in [-0.1, -0.05) is 41.6 Å². The predicted octanol–water partition coefficient (Wildman–Crippen LogP) is 4.31. The molecule has 4 aromatic rings. The van der Waals surface area contributed by atoms with Gasteiger partial charge >= 0.3 is 0 Å². The van der Waals surface area contributed by atoms with Crippen molar-refractivity contribution in [2.45, 2.75) is 5.03 Å². The summed E-state index contributed by atoms with van der Waals surface area (Å²) in [5.74, 6) is 0.0590. The molecule has 0 radical (unpaired) electrons. The van der Waals surface area contributed by atoms with Gasteiger partial charge in [0.2, 0.25) is 5.91 Å². The number of rotatable bonds is 5. The maximum Gasteiger partial charge on any atom is 0.234 e. The molecule has 2 aromatic carbocycles. The first-order valence-electron chi connectivity index (χ1n) is 8.25. The minimum atomic E-state index is -0.363. The molecule has 0 saturated heterocycles. The number of carbonyl (C=O) groups excluding carboxylic acids is 1. The van der Waals surface area contributed by atoms with Crippen LogP contribution in [0, 0.1) is 5.82 Å². The van der Waals surface area contributed by atoms with E-state index >= 15 is 0 Å². The second-order valence-corrected chi connectivity index (χ2v) is 7.25. The van der Waals surface area contributed by atoms with Crippen molar-refractivity contribution in [1.29, 1.82) is 0 Å². The van der Waals surface area contributed by atoms with Gasteiger partial charge in [0.15, 0.2) is 11.5 Å². The zero-order chi connectivity index (χ0) is 19.5. The number of hydrogen-bond donors (Lipinski definition) is 1. The Bertz CT molecular complexity index is 1170. The lowest BCUT2D eigenvalue weighted by Gasteiger charge is -2.06. The fraction of sp³-hybridized carbons (Fsp3) is 0.0526. The van der Waals surface area contributed by atoms with Gasteiger partial charge in [-0.2, -0.15) is 9.61 Å². The monoisotopic (exact) mass is 413 g/mol. The Morgan fingerprint density at radius 2 is 1.96 bits per heavy atom. The topological polar surface area (TPSA) is 72.2 Å². The van der Waals surface area contributed by atoms with Crippen LogP contribution in [0.2, 0.25) is 5.02 Å². The smallest absolute Gasteiger partial charge is 0.234 e. The molecular weight excluding hydrogens is 401 g/mol. The quantitative estimate of drug-likeness (QED) is 0.493. The van der Waals surface area contributed by atoms with Crippen LogP contribution < -0.4 is 5.32 Å². The SMILES string of the molecule is O=C(CSc1ccc2nnc(-c3cccc(F)c3)n2n1)Nc1cccc(Cl)c1. The van der Waals surface area contributed by atoms with E-state index in [4.69, 9.17) is 11.6 Å². The number of carbonyl (C=O) groups is 1. The normalized spacial score (nSPS) is 10.9. The summed E-state index contributed by atoms with van der Waals surface area (Å²) in [7, 11) is 0. The van der Waals surface area contributed by atoms with Crippen LogP contribution in [0.15, 0.2) is 65.7 Å². The molecular formula is C19H13ClFN5OS. The highest BCUT2D eigenvalue weighted by Crippen LogP contribution is 2.22. The zero-order valence-electron chi connectivity index (χ0n) is 14.3. The summed E-state index contributed by atoms with van der Waals surface area (Å²) >= 11 is 7.19. The summed E-state index contributed by atoms with van der Waals surface area (Å²) in [5.41, 5.74) is 1.74. The van der Waals surface area contributed by atoms with Gasteiger partial charge in [-0.15, -0.1) is 10.2 Å². The summed E-state index contributed by atoms with van der Waals surface area (Å²) < 4.78 is 15.1. The lowest BCUT2D eigenvalue weighted by atomic mass is 10.2. The Morgan fingerprint density at radius 1 is 1.11 bits per heavy atom. The number of nitrogens with one attached hydrogen (secondary N) is 1. The van der Waals surface area contributed by atoms with E-state index in [2.05, 4.69) is 20.6 Å². The van der Waals surface area contributed by atoms with E-state index in [0.29, 0.717) is 32.8 Å². The van der Waals surface area contributed by atoms with Crippen LogP contribution in [0.25, 0.3) is 17.0 Å². The van der Waals surface area contributed by atoms with E-state index in [-0.39, 0.29) is 17.5 Å². The van der Waals surface area contributed by atoms with Crippen molar-refractivity contribution in [2.24, 2.45) is 0 Å². The Labute approximate surface area is 168 Å². The number of halogens is 2. The molecule has 0 aliphatic rings. The zero-order valence-corrected chi connectivity index (χ0v) is 15.9. The highest BCUT2D eigenvalue weighted by atomic mass is 35.5. The number of thioether (sulfide) groups is 1. The Hall–Kier alpha value is -2.97. The molecule has 2 aromatic heterocycles. The molecule has 28 heavy (non-hydrogen) atoms. The van der Waals surface area contributed by atoms with Gasteiger partial charge in [-0.3, -0.25) is 4.79 Å². The summed E-state index contributed by atoms with van der Waals surface area (Å²) in [5, 5.41) is 16.6. The summed E-state index contributed by atoms with van der Waals surface area (Å²) in [4.78, 5) is 12.2. The van der Waals surface area contributed by atoms with Crippen molar-refractivity contribution in [3.8, 4) is 11.4 Å². The molecule has 0 unspecified atom stereocenters. The maximum atomic E-state index is 13.5. The Kier molecular flexibility index (Phi) is 5.23. The second-order valence-electron chi connectivity index (χ2n) is 5.82. The molecule has 1 N–H and O–H groups in total. The number of fused-ring (bicyclic) bond motifs is 1. The lowest BCUT2D eigenvalue weighted by Crippen LogP contribution is -2.14. The molecule has 0 aliphatic carbocycles. The highest BCUT2D eigenvalue weighted by molar-refractivity contribution is 7.99. The third-order valence-electron chi connectivity index (χ3n) is 3.78. The maximum absolute atomic E-state index is 13.5. The standard InChI is InChI=1S/C19H13ClFN5OS/c20-13-4-2-6-15(10-13)22-17(27)11-28-18-8-7-16-23-24-19(26(16)25-18)12-3-1-5-14(21)9-12/h1-10H,11H2,(H,22,27). The average molecular weight is 414 g/mol. The average Bonchev–Trinajstić information content (AvgIpc) is 3.10. The number of benzene rings is 2. The molecule has 0 atom stereocenters. The first-order chi connectivity index (χ1) is 13.6. The summed E-state index contributed by atoms with van der Waals surface area (Å²) in [6.45, 7) is 0. The largest absolute Gasteiger partial charge is 0.325 e. The molecule has 0 aliphatic heterocycles. The van der Waals surface area contributed by atoms with Gasteiger partial charge in [0.1, 0.15) is 10.8 Å². The molecule has 9 heteroatoms. The molecule has 0 bridgehead atoms. The Morgan fingerprint density at radius 3 is 2.79 bits per heavy atom. The molecule has 6 nitrogen and oxygen atoms in total. The lowest BCUT2D eigenvalue weighted by molar-refractivity contribution is -0.113. The fourth-order valence-electron chi connectivity index (χ4n) is 2.56. The fourth-order valence-corrected chi connectivity index (χ4v) is 3.40. The van der Waals surface area contributed by atoms with E-state index < -0.39 is 0 Å². The van der Waals surface area contributed by atoms with Crippen LogP contribution in [0.3, 0.4) is 0 Å². The van der Waals surface area contributed by atoms with E-state index in [1.165, 1.54) is 28.4 Å². The molecule has 140 valence electrons. The molecule has 4 rings (SSSR count). The second kappa shape index (κ2) is 7.95. The van der Waals surface area contributed by atoms with Crippen LogP contribution in [0.5, 0.6) is 0 Å². The third-order valence-corrected chi connectivity index (χ3v) is 4.94. The number of nitrogens with zero attached hydrogens (tertiary/aromatic N) is 4. The summed E-state index contributed by atoms with van der Waals surface area (Å²) in [6.07, 6.45) is 0. The first-order valence-corrected chi connectivity index (χ1v) is 9.61. The van der Waals surface area contributed by atoms with E-state index in [9.17, 15) is 9.18 Å². The number of anilines is 1. The van der Waals surface area contributed by atoms with Crippen LogP contribution in [-0.4, -0.2) is 31.5 Å². The van der Waals surface area contributed by atoms with E-state index in [1.807, 2.05) is 0 Å². The van der Waals surface area contributed by atoms with Gasteiger partial charge in [0.25, 0.3) is 0 Å². The molecule has 0 spiro atoms. The van der Waals surface area contributed by atoms with Gasteiger partial charge in [-0.25, -0.2) is 4.39 Å². The van der Waals surface area contributed by atoms with Crippen LogP contribution >= 0.6 is 23.4 Å². The van der Waals surface area contributed by atoms with Crippen molar-refractivity contribution >= 4 is 40.6 Å². The van der Waals surface area contributed by atoms with Crippen molar-refractivity contribution in [2.75, 3.05) is 11.1 Å². The first kappa shape index (κ1) is 18.4. The minimum absolute atomic E-state index is 0.169.